The average Bonchev–Trinajstić information content (AvgIpc) is 3.08. The number of fused-ring (bicyclic) bond motifs is 3. The molecular formula is C38H37N5O4. The number of rotatable bonds is 6. The Morgan fingerprint density at radius 2 is 1.40 bits per heavy atom. The van der Waals surface area contributed by atoms with E-state index in [1.807, 2.05) is 90.7 Å². The summed E-state index contributed by atoms with van der Waals surface area (Å²) >= 11 is 0. The number of piperazine rings is 1. The molecule has 3 atom stereocenters. The minimum atomic E-state index is -0.842. The maximum Gasteiger partial charge on any atom is 0.334 e. The fourth-order valence-corrected chi connectivity index (χ4v) is 7.14. The molecule has 0 aromatic heterocycles. The second-order valence-electron chi connectivity index (χ2n) is 12.4. The second-order valence-corrected chi connectivity index (χ2v) is 12.4. The van der Waals surface area contributed by atoms with Crippen molar-refractivity contribution in [1.29, 1.82) is 0 Å². The molecule has 2 heterocycles. The van der Waals surface area contributed by atoms with E-state index in [1.54, 1.807) is 46.2 Å². The molecule has 5 aromatic carbocycles. The smallest absolute Gasteiger partial charge is 0.334 e. The third-order valence-electron chi connectivity index (χ3n) is 9.49. The SMILES string of the molecule is C[C@H]1[C@H]2N(C(=O)CN(C)N2C(=O)NCc2cccc3ccccc23)[C@@H](Cc2ccc(O)cc2)C(=O)N1Cc1cccc2ccccc12. The van der Waals surface area contributed by atoms with Crippen LogP contribution < -0.4 is 5.32 Å². The number of hydrogen-bond acceptors (Lipinski definition) is 5. The maximum atomic E-state index is 14.5. The van der Waals surface area contributed by atoms with E-state index in [1.165, 1.54) is 0 Å². The molecule has 0 unspecified atom stereocenters. The van der Waals surface area contributed by atoms with Crippen molar-refractivity contribution in [3.05, 3.63) is 126 Å². The molecular weight excluding hydrogens is 590 g/mol. The summed E-state index contributed by atoms with van der Waals surface area (Å²) in [7, 11) is 1.74. The van der Waals surface area contributed by atoms with Gasteiger partial charge in [0, 0.05) is 26.6 Å². The quantitative estimate of drug-likeness (QED) is 0.268. The summed E-state index contributed by atoms with van der Waals surface area (Å²) in [6, 6.07) is 33.2. The zero-order chi connectivity index (χ0) is 32.7. The standard InChI is InChI=1S/C38H37N5O4/c1-25-36-42(35(45)24-40(2)43(36)38(47)39-22-29-13-7-11-27-9-3-5-15-32(27)29)34(21-26-17-19-31(44)20-18-26)37(46)41(25)23-30-14-8-12-28-10-4-6-16-33(28)30/h3-20,25,34,36,44H,21-24H2,1-2H3,(H,39,47)/t25-,34-,36-/m0/s1. The largest absolute Gasteiger partial charge is 0.508 e. The molecule has 5 aromatic rings. The van der Waals surface area contributed by atoms with Gasteiger partial charge in [-0.15, -0.1) is 0 Å². The average molecular weight is 628 g/mol. The van der Waals surface area contributed by atoms with Crippen molar-refractivity contribution in [3.63, 3.8) is 0 Å². The molecule has 9 heteroatoms. The summed E-state index contributed by atoms with van der Waals surface area (Å²) in [5.41, 5.74) is 2.78. The second kappa shape index (κ2) is 12.4. The summed E-state index contributed by atoms with van der Waals surface area (Å²) in [5.74, 6) is -0.273. The summed E-state index contributed by atoms with van der Waals surface area (Å²) < 4.78 is 0. The molecule has 4 amide bonds. The van der Waals surface area contributed by atoms with Crippen molar-refractivity contribution < 1.29 is 19.5 Å². The van der Waals surface area contributed by atoms with Crippen LogP contribution in [0.15, 0.2) is 109 Å². The van der Waals surface area contributed by atoms with Gasteiger partial charge in [0.05, 0.1) is 12.6 Å². The van der Waals surface area contributed by atoms with Gasteiger partial charge in [0.15, 0.2) is 0 Å². The Bertz CT molecular complexity index is 1970. The van der Waals surface area contributed by atoms with Crippen molar-refractivity contribution >= 4 is 39.4 Å². The number of urea groups is 1. The van der Waals surface area contributed by atoms with E-state index in [0.717, 1.165) is 38.2 Å². The minimum absolute atomic E-state index is 0.0480. The number of likely N-dealkylation sites (N-methyl/N-ethyl adjacent to an activating group) is 1. The van der Waals surface area contributed by atoms with Crippen LogP contribution in [0.25, 0.3) is 21.5 Å². The van der Waals surface area contributed by atoms with Crippen molar-refractivity contribution in [3.8, 4) is 5.75 Å². The van der Waals surface area contributed by atoms with Gasteiger partial charge in [-0.2, -0.15) is 0 Å². The van der Waals surface area contributed by atoms with Gasteiger partial charge >= 0.3 is 6.03 Å². The van der Waals surface area contributed by atoms with Crippen molar-refractivity contribution in [2.75, 3.05) is 13.6 Å². The third-order valence-corrected chi connectivity index (χ3v) is 9.49. The molecule has 2 N–H and O–H groups in total. The van der Waals surface area contributed by atoms with Gasteiger partial charge in [-0.3, -0.25) is 9.59 Å². The molecule has 47 heavy (non-hydrogen) atoms. The molecule has 0 aliphatic carbocycles. The molecule has 2 aliphatic rings. The predicted molar refractivity (Wildman–Crippen MR) is 181 cm³/mol. The van der Waals surface area contributed by atoms with E-state index < -0.39 is 18.2 Å². The summed E-state index contributed by atoms with van der Waals surface area (Å²) in [6.45, 7) is 2.48. The Kier molecular flexibility index (Phi) is 7.99. The Hall–Kier alpha value is -5.41. The summed E-state index contributed by atoms with van der Waals surface area (Å²) in [4.78, 5) is 45.9. The van der Waals surface area contributed by atoms with Crippen molar-refractivity contribution in [1.82, 2.24) is 25.1 Å². The van der Waals surface area contributed by atoms with Crippen LogP contribution in [-0.4, -0.2) is 74.6 Å². The number of phenolic OH excluding ortho intramolecular Hbond substituents is 1. The van der Waals surface area contributed by atoms with Crippen LogP contribution in [0.5, 0.6) is 5.75 Å². The number of nitrogens with one attached hydrogen (secondary N) is 1. The topological polar surface area (TPSA) is 96.4 Å². The number of amides is 4. The van der Waals surface area contributed by atoms with Gasteiger partial charge in [-0.1, -0.05) is 97.1 Å². The first-order valence-corrected chi connectivity index (χ1v) is 15.9. The Balaban J connectivity index is 1.25. The van der Waals surface area contributed by atoms with Gasteiger partial charge < -0.3 is 20.2 Å². The van der Waals surface area contributed by atoms with Crippen LogP contribution in [-0.2, 0) is 29.1 Å². The molecule has 0 bridgehead atoms. The Morgan fingerprint density at radius 3 is 2.09 bits per heavy atom. The number of hydrogen-bond donors (Lipinski definition) is 2. The first-order chi connectivity index (χ1) is 22.8. The number of benzene rings is 5. The third kappa shape index (κ3) is 5.63. The van der Waals surface area contributed by atoms with E-state index >= 15 is 0 Å². The van der Waals surface area contributed by atoms with Crippen LogP contribution in [0.2, 0.25) is 0 Å². The fraction of sp³-hybridized carbons (Fsp3) is 0.237. The van der Waals surface area contributed by atoms with Crippen LogP contribution in [0.3, 0.4) is 0 Å². The lowest BCUT2D eigenvalue weighted by Crippen LogP contribution is -2.78. The monoisotopic (exact) mass is 627 g/mol. The number of carbonyl (C=O) groups excluding carboxylic acids is 3. The number of phenols is 1. The Labute approximate surface area is 273 Å². The van der Waals surface area contributed by atoms with Crippen LogP contribution in [0.4, 0.5) is 4.79 Å². The van der Waals surface area contributed by atoms with Crippen LogP contribution in [0.1, 0.15) is 23.6 Å². The molecule has 7 rings (SSSR count). The lowest BCUT2D eigenvalue weighted by atomic mass is 9.94. The molecule has 2 fully saturated rings. The molecule has 2 aliphatic heterocycles. The molecule has 9 nitrogen and oxygen atoms in total. The highest BCUT2D eigenvalue weighted by molar-refractivity contribution is 5.93. The van der Waals surface area contributed by atoms with Crippen molar-refractivity contribution in [2.45, 2.75) is 44.7 Å². The predicted octanol–water partition coefficient (Wildman–Crippen LogP) is 5.27. The highest BCUT2D eigenvalue weighted by Crippen LogP contribution is 2.34. The Morgan fingerprint density at radius 1 is 0.809 bits per heavy atom. The van der Waals surface area contributed by atoms with Crippen molar-refractivity contribution in [2.24, 2.45) is 0 Å². The summed E-state index contributed by atoms with van der Waals surface area (Å²) in [5, 5.41) is 20.5. The lowest BCUT2D eigenvalue weighted by molar-refractivity contribution is -0.196. The normalized spacial score (nSPS) is 20.1. The van der Waals surface area contributed by atoms with Gasteiger partial charge in [0.1, 0.15) is 18.0 Å². The highest BCUT2D eigenvalue weighted by Gasteiger charge is 2.54. The summed E-state index contributed by atoms with van der Waals surface area (Å²) in [6.07, 6.45) is -0.501. The van der Waals surface area contributed by atoms with E-state index in [4.69, 9.17) is 0 Å². The van der Waals surface area contributed by atoms with Crippen LogP contribution >= 0.6 is 0 Å². The van der Waals surface area contributed by atoms with E-state index in [2.05, 4.69) is 11.4 Å². The number of aromatic hydroxyl groups is 1. The molecule has 0 saturated carbocycles. The van der Waals surface area contributed by atoms with E-state index in [-0.39, 0.29) is 36.6 Å². The molecule has 0 spiro atoms. The van der Waals surface area contributed by atoms with Gasteiger partial charge in [0.2, 0.25) is 11.8 Å². The van der Waals surface area contributed by atoms with E-state index in [0.29, 0.717) is 13.1 Å². The molecule has 238 valence electrons. The number of carbonyl (C=O) groups is 3. The number of hydrazine groups is 1. The zero-order valence-corrected chi connectivity index (χ0v) is 26.4. The lowest BCUT2D eigenvalue weighted by Gasteiger charge is -2.57. The van der Waals surface area contributed by atoms with Gasteiger partial charge in [-0.05, 0) is 57.3 Å². The fourth-order valence-electron chi connectivity index (χ4n) is 7.14. The zero-order valence-electron chi connectivity index (χ0n) is 26.4. The molecule has 0 radical (unpaired) electrons. The number of nitrogens with zero attached hydrogens (tertiary/aromatic N) is 4. The maximum absolute atomic E-state index is 14.5. The highest BCUT2D eigenvalue weighted by atomic mass is 16.3. The van der Waals surface area contributed by atoms with E-state index in [9.17, 15) is 19.5 Å². The molecule has 2 saturated heterocycles. The minimum Gasteiger partial charge on any atom is -0.508 e. The first kappa shape index (κ1) is 30.3. The first-order valence-electron chi connectivity index (χ1n) is 15.9. The van der Waals surface area contributed by atoms with Gasteiger partial charge in [0.25, 0.3) is 0 Å². The van der Waals surface area contributed by atoms with Crippen LogP contribution in [0, 0.1) is 0 Å². The van der Waals surface area contributed by atoms with Gasteiger partial charge in [-0.25, -0.2) is 14.8 Å².